The summed E-state index contributed by atoms with van der Waals surface area (Å²) in [4.78, 5) is 37.3. The van der Waals surface area contributed by atoms with Gasteiger partial charge in [0.15, 0.2) is 29.6 Å². The van der Waals surface area contributed by atoms with E-state index < -0.39 is 36.4 Å². The molecular formula is C32H33FN4O8. The number of carbonyl (C=O) groups excluding carboxylic acids is 3. The minimum Gasteiger partial charge on any atom is -0.493 e. The number of halogens is 1. The third kappa shape index (κ3) is 8.07. The lowest BCUT2D eigenvalue weighted by molar-refractivity contribution is -0.139. The molecule has 236 valence electrons. The van der Waals surface area contributed by atoms with Crippen molar-refractivity contribution < 1.29 is 42.5 Å². The highest BCUT2D eigenvalue weighted by Gasteiger charge is 2.32. The van der Waals surface area contributed by atoms with Crippen molar-refractivity contribution in [1.29, 1.82) is 0 Å². The Balaban J connectivity index is 1.41. The standard InChI is InChI=1S/C32H33FN4O8/c1-5-43-31(39)28-19(2)35-32(40)36-29(28)20-13-14-24(26(15-20)42-4)44-18-27(38)37-34-16-21-10-8-12-25(41-3)30(21)45-17-22-9-6-7-11-23(22)33/h6-16,29H,5,17-18H2,1-4H3,(H,37,38)(H2,35,36,40)/b34-16+/t29-/m0/s1. The van der Waals surface area contributed by atoms with Crippen LogP contribution in [0.2, 0.25) is 0 Å². The second-order valence-electron chi connectivity index (χ2n) is 9.54. The lowest BCUT2D eigenvalue weighted by Crippen LogP contribution is -2.45. The van der Waals surface area contributed by atoms with Gasteiger partial charge in [-0.05, 0) is 49.7 Å². The van der Waals surface area contributed by atoms with Gasteiger partial charge in [-0.2, -0.15) is 5.10 Å². The van der Waals surface area contributed by atoms with Crippen molar-refractivity contribution in [2.75, 3.05) is 27.4 Å². The Morgan fingerprint density at radius 3 is 2.51 bits per heavy atom. The Hall–Kier alpha value is -5.59. The van der Waals surface area contributed by atoms with E-state index in [0.29, 0.717) is 33.9 Å². The van der Waals surface area contributed by atoms with Crippen LogP contribution in [0.15, 0.2) is 77.0 Å². The summed E-state index contributed by atoms with van der Waals surface area (Å²) in [5.41, 5.74) is 4.40. The molecule has 0 unspecified atom stereocenters. The molecule has 0 radical (unpaired) electrons. The minimum absolute atomic E-state index is 0.0429. The molecule has 0 fully saturated rings. The fourth-order valence-electron chi connectivity index (χ4n) is 4.47. The number of para-hydroxylation sites is 1. The van der Waals surface area contributed by atoms with E-state index in [4.69, 9.17) is 23.7 Å². The van der Waals surface area contributed by atoms with Gasteiger partial charge in [0.2, 0.25) is 0 Å². The molecule has 0 saturated heterocycles. The van der Waals surface area contributed by atoms with Gasteiger partial charge in [-0.25, -0.2) is 19.4 Å². The molecule has 1 atom stereocenters. The van der Waals surface area contributed by atoms with Crippen LogP contribution in [-0.4, -0.2) is 51.6 Å². The van der Waals surface area contributed by atoms with E-state index >= 15 is 0 Å². The average Bonchev–Trinajstić information content (AvgIpc) is 3.03. The summed E-state index contributed by atoms with van der Waals surface area (Å²) in [5, 5.41) is 9.30. The lowest BCUT2D eigenvalue weighted by Gasteiger charge is -2.28. The highest BCUT2D eigenvalue weighted by Crippen LogP contribution is 2.35. The van der Waals surface area contributed by atoms with Crippen LogP contribution >= 0.6 is 0 Å². The maximum Gasteiger partial charge on any atom is 0.338 e. The summed E-state index contributed by atoms with van der Waals surface area (Å²) in [5.74, 6) is -0.286. The Morgan fingerprint density at radius 2 is 1.78 bits per heavy atom. The van der Waals surface area contributed by atoms with Gasteiger partial charge in [0, 0.05) is 16.8 Å². The van der Waals surface area contributed by atoms with Crippen LogP contribution < -0.4 is 35.0 Å². The second-order valence-corrected chi connectivity index (χ2v) is 9.54. The molecule has 12 nitrogen and oxygen atoms in total. The van der Waals surface area contributed by atoms with E-state index in [1.165, 1.54) is 26.5 Å². The van der Waals surface area contributed by atoms with Crippen LogP contribution in [0.4, 0.5) is 9.18 Å². The minimum atomic E-state index is -0.796. The molecule has 0 aromatic heterocycles. The van der Waals surface area contributed by atoms with E-state index in [0.717, 1.165) is 0 Å². The van der Waals surface area contributed by atoms with Gasteiger partial charge in [0.25, 0.3) is 5.91 Å². The summed E-state index contributed by atoms with van der Waals surface area (Å²) in [6.45, 7) is 3.02. The second kappa shape index (κ2) is 15.2. The van der Waals surface area contributed by atoms with Gasteiger partial charge in [-0.1, -0.05) is 30.3 Å². The topological polar surface area (TPSA) is 146 Å². The van der Waals surface area contributed by atoms with Crippen molar-refractivity contribution in [3.05, 3.63) is 94.4 Å². The monoisotopic (exact) mass is 620 g/mol. The number of urea groups is 1. The quantitative estimate of drug-likeness (QED) is 0.147. The number of hydrogen-bond donors (Lipinski definition) is 3. The fraction of sp³-hybridized carbons (Fsp3) is 0.250. The van der Waals surface area contributed by atoms with Gasteiger partial charge in [-0.3, -0.25) is 4.79 Å². The lowest BCUT2D eigenvalue weighted by atomic mass is 9.95. The summed E-state index contributed by atoms with van der Waals surface area (Å²) in [6, 6.07) is 14.9. The zero-order valence-corrected chi connectivity index (χ0v) is 25.1. The van der Waals surface area contributed by atoms with Gasteiger partial charge in [0.1, 0.15) is 12.4 Å². The van der Waals surface area contributed by atoms with E-state index in [1.807, 2.05) is 0 Å². The van der Waals surface area contributed by atoms with Crippen molar-refractivity contribution in [3.8, 4) is 23.0 Å². The number of methoxy groups -OCH3 is 2. The number of rotatable bonds is 13. The number of nitrogens with zero attached hydrogens (tertiary/aromatic N) is 1. The molecular weight excluding hydrogens is 587 g/mol. The normalized spacial score (nSPS) is 14.3. The Bertz CT molecular complexity index is 1620. The molecule has 3 aromatic rings. The number of esters is 1. The van der Waals surface area contributed by atoms with Crippen LogP contribution in [-0.2, 0) is 20.9 Å². The van der Waals surface area contributed by atoms with Crippen molar-refractivity contribution >= 4 is 24.1 Å². The number of ether oxygens (including phenoxy) is 5. The van der Waals surface area contributed by atoms with Crippen LogP contribution in [0.25, 0.3) is 0 Å². The number of hydrazone groups is 1. The molecule has 4 rings (SSSR count). The molecule has 1 aliphatic rings. The first-order valence-electron chi connectivity index (χ1n) is 13.9. The largest absolute Gasteiger partial charge is 0.493 e. The molecule has 13 heteroatoms. The predicted octanol–water partition coefficient (Wildman–Crippen LogP) is 4.14. The maximum atomic E-state index is 14.1. The van der Waals surface area contributed by atoms with Crippen molar-refractivity contribution in [2.45, 2.75) is 26.5 Å². The van der Waals surface area contributed by atoms with Crippen LogP contribution in [0.3, 0.4) is 0 Å². The zero-order chi connectivity index (χ0) is 32.3. The third-order valence-corrected chi connectivity index (χ3v) is 6.60. The first-order chi connectivity index (χ1) is 21.7. The molecule has 0 saturated carbocycles. The molecule has 1 heterocycles. The van der Waals surface area contributed by atoms with Crippen LogP contribution in [0, 0.1) is 5.82 Å². The Morgan fingerprint density at radius 1 is 1.00 bits per heavy atom. The smallest absolute Gasteiger partial charge is 0.338 e. The van der Waals surface area contributed by atoms with Gasteiger partial charge in [0.05, 0.1) is 38.7 Å². The molecule has 3 aromatic carbocycles. The third-order valence-electron chi connectivity index (χ3n) is 6.60. The van der Waals surface area contributed by atoms with Gasteiger partial charge in [-0.15, -0.1) is 0 Å². The zero-order valence-electron chi connectivity index (χ0n) is 25.1. The Kier molecular flexibility index (Phi) is 10.9. The first kappa shape index (κ1) is 32.3. The van der Waals surface area contributed by atoms with Crippen molar-refractivity contribution in [1.82, 2.24) is 16.1 Å². The fourth-order valence-corrected chi connectivity index (χ4v) is 4.47. The van der Waals surface area contributed by atoms with E-state index in [9.17, 15) is 18.8 Å². The molecule has 0 aliphatic carbocycles. The van der Waals surface area contributed by atoms with Gasteiger partial charge >= 0.3 is 12.0 Å². The first-order valence-corrected chi connectivity index (χ1v) is 13.9. The van der Waals surface area contributed by atoms with Crippen molar-refractivity contribution in [2.24, 2.45) is 5.10 Å². The summed E-state index contributed by atoms with van der Waals surface area (Å²) >= 11 is 0. The van der Waals surface area contributed by atoms with Crippen LogP contribution in [0.1, 0.15) is 36.6 Å². The van der Waals surface area contributed by atoms with E-state index in [2.05, 4.69) is 21.2 Å². The number of nitrogens with one attached hydrogen (secondary N) is 3. The van der Waals surface area contributed by atoms with E-state index in [-0.39, 0.29) is 30.3 Å². The summed E-state index contributed by atoms with van der Waals surface area (Å²) in [7, 11) is 2.90. The van der Waals surface area contributed by atoms with Crippen molar-refractivity contribution in [3.63, 3.8) is 0 Å². The molecule has 1 aliphatic heterocycles. The number of allylic oxidation sites excluding steroid dienone is 1. The highest BCUT2D eigenvalue weighted by atomic mass is 19.1. The molecule has 45 heavy (non-hydrogen) atoms. The molecule has 0 bridgehead atoms. The molecule has 3 amide bonds. The average molecular weight is 621 g/mol. The van der Waals surface area contributed by atoms with E-state index in [1.54, 1.807) is 68.4 Å². The Labute approximate surface area is 259 Å². The van der Waals surface area contributed by atoms with Crippen LogP contribution in [0.5, 0.6) is 23.0 Å². The number of hydrogen-bond acceptors (Lipinski definition) is 9. The summed E-state index contributed by atoms with van der Waals surface area (Å²) < 4.78 is 41.6. The molecule has 0 spiro atoms. The molecule has 3 N–H and O–H groups in total. The summed E-state index contributed by atoms with van der Waals surface area (Å²) in [6.07, 6.45) is 1.37. The SMILES string of the molecule is CCOC(=O)C1=C(C)NC(=O)N[C@H]1c1ccc(OCC(=O)N/N=C/c2cccc(OC)c2OCc2ccccc2F)c(OC)c1. The number of amides is 3. The number of benzene rings is 3. The predicted molar refractivity (Wildman–Crippen MR) is 162 cm³/mol. The van der Waals surface area contributed by atoms with Gasteiger partial charge < -0.3 is 34.3 Å². The maximum absolute atomic E-state index is 14.1. The highest BCUT2D eigenvalue weighted by molar-refractivity contribution is 5.95. The number of carbonyl (C=O) groups is 3.